The molecule has 4 aromatic rings. The van der Waals surface area contributed by atoms with Gasteiger partial charge in [-0.15, -0.1) is 6.42 Å². The van der Waals surface area contributed by atoms with Crippen LogP contribution in [0.15, 0.2) is 100.0 Å². The molecule has 5 unspecified atom stereocenters. The molecule has 6 aliphatic heterocycles. The number of hydrogen-bond acceptors (Lipinski definition) is 25. The molecule has 0 aromatic carbocycles. The number of aromatic amines is 4. The number of nitrogens with one attached hydrogen (secondary N) is 5. The molecule has 5 N–H and O–H groups in total. The number of nitrogens with zero attached hydrogens (tertiary/aromatic N) is 5. The van der Waals surface area contributed by atoms with Crippen LogP contribution in [0.1, 0.15) is 80.1 Å². The zero-order valence-corrected chi connectivity index (χ0v) is 89.6. The summed E-state index contributed by atoms with van der Waals surface area (Å²) in [5, 5.41) is 2.72. The molecule has 118 heavy (non-hydrogen) atoms. The van der Waals surface area contributed by atoms with Crippen molar-refractivity contribution in [1.29, 1.82) is 0 Å². The molecule has 4 aromatic heterocycles. The average molecular weight is 2220 g/mol. The van der Waals surface area contributed by atoms with Gasteiger partial charge in [-0.25, -0.2) is 38.3 Å². The maximum atomic E-state index is 12.0. The van der Waals surface area contributed by atoms with Crippen LogP contribution in [0.3, 0.4) is 0 Å². The van der Waals surface area contributed by atoms with Crippen molar-refractivity contribution in [2.45, 2.75) is 131 Å². The van der Waals surface area contributed by atoms with Gasteiger partial charge in [-0.3, -0.25) is 87.2 Å². The van der Waals surface area contributed by atoms with E-state index >= 15 is 0 Å². The predicted octanol–water partition coefficient (Wildman–Crippen LogP) is 4.55. The van der Waals surface area contributed by atoms with Crippen molar-refractivity contribution >= 4 is 40.7 Å². The van der Waals surface area contributed by atoms with Gasteiger partial charge in [0.25, 0.3) is 11.5 Å². The minimum absolute atomic E-state index is 0. The summed E-state index contributed by atoms with van der Waals surface area (Å²) in [6.07, 6.45) is 15.1. The topological polar surface area (TPSA) is 390 Å². The summed E-state index contributed by atoms with van der Waals surface area (Å²) in [5.41, 5.74) is -2.68. The number of amides is 1. The fourth-order valence-corrected chi connectivity index (χ4v) is 12.0. The zero-order chi connectivity index (χ0) is 78.9. The van der Waals surface area contributed by atoms with Gasteiger partial charge in [0, 0.05) is 335 Å². The second-order valence-corrected chi connectivity index (χ2v) is 24.3. The van der Waals surface area contributed by atoms with Crippen molar-refractivity contribution < 1.29 is 272 Å². The van der Waals surface area contributed by atoms with E-state index in [1.165, 1.54) is 55.2 Å². The Labute approximate surface area is 859 Å². The van der Waals surface area contributed by atoms with E-state index in [4.69, 9.17) is 77.6 Å². The summed E-state index contributed by atoms with van der Waals surface area (Å²) < 4.78 is 87.0. The predicted molar refractivity (Wildman–Crippen MR) is 434 cm³/mol. The standard InChI is InChI=1S/C14H19N2O5.C14H17N2O5.C14H21N2O4.C13H17N2O5.C11H15IN2O5.C3H3.C2H3.6CH3.6Y/c2*1-4-5-9-7-16(14(18)15-13(9)17)12-6-10(20-3)11(21-12)8-19-2;1-5-10-7-16(9(2)15-14(10)17)13-6-11(19-4)12(20-13)8-18-3;1-4-8-6-15(13(17)14-12(8)16)11-5-9(19-3)10(20-11)7-18-2;1-17-5-8-7(18-2)3-9(19-8)14-4-6(12)10(15)13-11(14)16;1-3-2;1-2;;;;;;;;;;;;/h4-5,7,10-12H,1,6,8H2,2-3H3,(H,15,17,18);7,10-12H,1,6,8H2,2-3H3,(H,15,17,18);7,11-13H,1-2,5-6,8H2,3-4H3,(H,15,17);1,4,6,9-11H,5,7H2,2-3H3,(H,14,16,17);4,7-9H,3,5H2,1-2H3,(H,13,15,16);1H,2H2;1H,2H2;6*1H3;;;;;;/q4*-1;;8*-1;;;;;;/t2*10?,11-,12-;11?,12-,13-;9?,10-,11-;7?,8-,9-;;;;;;;;;;;;;;/m11111............../s1. The van der Waals surface area contributed by atoms with Crippen LogP contribution in [-0.2, 0) is 272 Å². The van der Waals surface area contributed by atoms with E-state index in [0.717, 1.165) is 6.08 Å². The first-order valence-corrected chi connectivity index (χ1v) is 33.6. The van der Waals surface area contributed by atoms with Gasteiger partial charge in [0.15, 0.2) is 5.56 Å². The molecule has 5 fully saturated rings. The molecular weight excluding hydrogens is 2110 g/mol. The fraction of sp³-hybridized carbons (Fsp3) is 0.468. The molecule has 0 aliphatic carbocycles. The number of allylic oxidation sites excluding steroid dienone is 1. The van der Waals surface area contributed by atoms with Crippen molar-refractivity contribution in [1.82, 2.24) is 48.4 Å². The second-order valence-electron chi connectivity index (χ2n) is 23.1. The Morgan fingerprint density at radius 1 is 0.500 bits per heavy atom. The van der Waals surface area contributed by atoms with Gasteiger partial charge in [-0.2, -0.15) is 19.9 Å². The summed E-state index contributed by atoms with van der Waals surface area (Å²) >= 11 is 1.87. The number of aromatic nitrogens is 8. The van der Waals surface area contributed by atoms with Crippen LogP contribution in [0.2, 0.25) is 0 Å². The molecule has 0 bridgehead atoms. The number of carbonyl (C=O) groups excluding carboxylic acids is 1. The van der Waals surface area contributed by atoms with Crippen LogP contribution in [0.25, 0.3) is 12.2 Å². The van der Waals surface area contributed by atoms with Crippen molar-refractivity contribution in [3.05, 3.63) is 251 Å². The molecule has 0 spiro atoms. The second kappa shape index (κ2) is 71.2. The summed E-state index contributed by atoms with van der Waals surface area (Å²) in [6.45, 7) is 31.8. The molecule has 0 saturated carbocycles. The molecule has 6 aliphatic rings. The first kappa shape index (κ1) is 134. The molecule has 652 valence electrons. The molecule has 1 amide bonds. The summed E-state index contributed by atoms with van der Waals surface area (Å²) in [5.74, 6) is 7.29. The normalized spacial score (nSPS) is 22.9. The van der Waals surface area contributed by atoms with E-state index in [1.807, 2.05) is 33.4 Å². The molecular formula is C77H113IN10O24Y6-12. The van der Waals surface area contributed by atoms with E-state index in [-0.39, 0.29) is 325 Å². The first-order chi connectivity index (χ1) is 50.9. The minimum atomic E-state index is -0.549. The molecule has 15 atom stereocenters. The van der Waals surface area contributed by atoms with Crippen LogP contribution in [0, 0.1) is 113 Å². The third kappa shape index (κ3) is 39.2. The van der Waals surface area contributed by atoms with E-state index < -0.39 is 69.9 Å². The van der Waals surface area contributed by atoms with Crippen molar-refractivity contribution in [2.24, 2.45) is 0 Å². The van der Waals surface area contributed by atoms with Gasteiger partial charge in [0.2, 0.25) is 11.1 Å². The maximum absolute atomic E-state index is 12.0. The largest absolute Gasteiger partial charge is 0.521 e. The Hall–Kier alpha value is -1.83. The van der Waals surface area contributed by atoms with E-state index in [9.17, 15) is 43.2 Å². The Morgan fingerprint density at radius 2 is 0.788 bits per heavy atom. The van der Waals surface area contributed by atoms with Gasteiger partial charge < -0.3 is 152 Å². The van der Waals surface area contributed by atoms with E-state index in [0.29, 0.717) is 92.1 Å². The van der Waals surface area contributed by atoms with E-state index in [2.05, 4.69) is 90.9 Å². The van der Waals surface area contributed by atoms with Crippen molar-refractivity contribution in [2.75, 3.05) is 104 Å². The Kier molecular flexibility index (Phi) is 81.0. The number of methoxy groups -OCH3 is 10. The molecule has 41 heteroatoms. The van der Waals surface area contributed by atoms with E-state index in [1.54, 1.807) is 77.3 Å². The first-order valence-electron chi connectivity index (χ1n) is 32.5. The number of ether oxygens (including phenoxy) is 15. The van der Waals surface area contributed by atoms with Gasteiger partial charge >= 0.3 is 22.8 Å². The summed E-state index contributed by atoms with van der Waals surface area (Å²) in [6, 6.07) is 0. The van der Waals surface area contributed by atoms with Gasteiger partial charge in [-0.1, -0.05) is 18.3 Å². The zero-order valence-electron chi connectivity index (χ0n) is 70.4. The van der Waals surface area contributed by atoms with Crippen molar-refractivity contribution in [3.8, 4) is 24.2 Å². The number of halogens is 1. The monoisotopic (exact) mass is 2220 g/mol. The van der Waals surface area contributed by atoms with Gasteiger partial charge in [0.05, 0.1) is 67.1 Å². The van der Waals surface area contributed by atoms with Crippen LogP contribution >= 0.6 is 22.6 Å². The van der Waals surface area contributed by atoms with Crippen molar-refractivity contribution in [3.63, 3.8) is 0 Å². The molecule has 10 rings (SSSR count). The third-order valence-corrected chi connectivity index (χ3v) is 17.4. The van der Waals surface area contributed by atoms with Crippen LogP contribution in [0.4, 0.5) is 0 Å². The maximum Gasteiger partial charge on any atom is 0.330 e. The smallest absolute Gasteiger partial charge is 0.330 e. The summed E-state index contributed by atoms with van der Waals surface area (Å²) in [4.78, 5) is 116. The van der Waals surface area contributed by atoms with Gasteiger partial charge in [-0.05, 0) is 28.2 Å². The average Bonchev–Trinajstić information content (AvgIpc) is 1.64. The van der Waals surface area contributed by atoms with Gasteiger partial charge in [0.1, 0.15) is 67.5 Å². The summed E-state index contributed by atoms with van der Waals surface area (Å²) in [7, 11) is 15.9. The SMILES string of the molecule is C#C[CH2-].C=C1NC(=O)C(C[CH2-])=CN1[C@H]1CC(OC)[C@@H](COC)O1.COC[C@H]1O[C@@H](n2cc(I)c(=O)[nH]c2=O)CC1OC.[CH-]=C.[CH-]=Cc1cn([C@H]2CC(OC)[C@@H](COC)O2)c(=O)[nH]c1=O.[CH2-]C#Cc1cn([C@H]2CC(OC)[C@@H](COC)O2)c(=O)[nH]c1=O.[CH2-]C=Cc1cn([C@H]2CC(OC)[C@@H](COC)O2)c(=O)[nH]c1=O.[CH3-].[CH3-].[CH3-].[CH3-].[CH3-].[CH3-].[Y].[Y].[Y].[Y].[Y].[Y]. The third-order valence-electron chi connectivity index (χ3n) is 16.6. The molecule has 6 radical (unpaired) electrons. The number of hydrogen-bond donors (Lipinski definition) is 5. The number of rotatable bonds is 23. The molecule has 5 saturated heterocycles. The van der Waals surface area contributed by atoms with Crippen LogP contribution < -0.4 is 50.3 Å². The number of carbonyl (C=O) groups is 1. The Balaban J connectivity index is -0.000000173. The Morgan fingerprint density at radius 3 is 1.09 bits per heavy atom. The number of H-pyrrole nitrogens is 4. The number of terminal acetylenes is 1. The fourth-order valence-electron chi connectivity index (χ4n) is 11.5. The van der Waals surface area contributed by atoms with Crippen LogP contribution in [-0.4, -0.2) is 220 Å². The quantitative estimate of drug-likeness (QED) is 0.0386. The Bertz CT molecular complexity index is 4200. The molecule has 34 nitrogen and oxygen atoms in total. The minimum Gasteiger partial charge on any atom is -0.521 e. The molecule has 10 heterocycles. The van der Waals surface area contributed by atoms with Crippen LogP contribution in [0.5, 0.6) is 0 Å².